The number of rotatable bonds is 12. The van der Waals surface area contributed by atoms with E-state index in [2.05, 4.69) is 183 Å². The van der Waals surface area contributed by atoms with Gasteiger partial charge in [0.05, 0.1) is 22.8 Å². The summed E-state index contributed by atoms with van der Waals surface area (Å²) < 4.78 is 0. The summed E-state index contributed by atoms with van der Waals surface area (Å²) in [6, 6.07) is 71.0. The Morgan fingerprint density at radius 3 is 1.18 bits per heavy atom. The molecular weight excluding hydrogens is 813 g/mol. The lowest BCUT2D eigenvalue weighted by atomic mass is 9.65. The van der Waals surface area contributed by atoms with E-state index >= 15 is 0 Å². The lowest BCUT2D eigenvalue weighted by molar-refractivity contribution is 0.346. The van der Waals surface area contributed by atoms with Crippen LogP contribution >= 0.6 is 0 Å². The summed E-state index contributed by atoms with van der Waals surface area (Å²) in [6.45, 7) is 5.94. The summed E-state index contributed by atoms with van der Waals surface area (Å²) >= 11 is 0. The Kier molecular flexibility index (Phi) is 12.5. The van der Waals surface area contributed by atoms with Gasteiger partial charge in [-0.2, -0.15) is 0 Å². The monoisotopic (exact) mass is 864 g/mol. The zero-order valence-corrected chi connectivity index (χ0v) is 37.9. The Bertz CT molecular complexity index is 3170. The summed E-state index contributed by atoms with van der Waals surface area (Å²) in [5, 5.41) is 0. The lowest BCUT2D eigenvalue weighted by Crippen LogP contribution is -2.30. The third-order valence-corrected chi connectivity index (χ3v) is 13.1. The Hall–Kier alpha value is -8.08. The van der Waals surface area contributed by atoms with E-state index in [1.165, 1.54) is 41.5 Å². The zero-order valence-electron chi connectivity index (χ0n) is 37.9. The normalized spacial score (nSPS) is 13.7. The predicted octanol–water partition coefficient (Wildman–Crippen LogP) is 16.3. The van der Waals surface area contributed by atoms with Crippen molar-refractivity contribution in [3.05, 3.63) is 248 Å². The number of allylic oxidation sites excluding steroid dienone is 5. The van der Waals surface area contributed by atoms with Crippen LogP contribution in [-0.4, -0.2) is 19.9 Å². The van der Waals surface area contributed by atoms with Crippen LogP contribution in [0.25, 0.3) is 84.5 Å². The summed E-state index contributed by atoms with van der Waals surface area (Å²) in [4.78, 5) is 20.5. The molecule has 0 atom stereocenters. The molecule has 9 aromatic rings. The van der Waals surface area contributed by atoms with E-state index in [0.29, 0.717) is 11.6 Å². The second-order valence-corrected chi connectivity index (χ2v) is 17.3. The zero-order chi connectivity index (χ0) is 45.4. The van der Waals surface area contributed by atoms with E-state index in [4.69, 9.17) is 19.9 Å². The number of hydrogen-bond acceptors (Lipinski definition) is 4. The van der Waals surface area contributed by atoms with Gasteiger partial charge in [0.25, 0.3) is 0 Å². The lowest BCUT2D eigenvalue weighted by Gasteiger charge is -2.39. The summed E-state index contributed by atoms with van der Waals surface area (Å²) in [7, 11) is 0. The highest BCUT2D eigenvalue weighted by Gasteiger charge is 2.35. The van der Waals surface area contributed by atoms with Crippen LogP contribution in [0.3, 0.4) is 0 Å². The van der Waals surface area contributed by atoms with Crippen molar-refractivity contribution in [2.24, 2.45) is 0 Å². The third-order valence-electron chi connectivity index (χ3n) is 13.1. The van der Waals surface area contributed by atoms with Gasteiger partial charge in [-0.15, -0.1) is 0 Å². The van der Waals surface area contributed by atoms with Crippen LogP contribution in [0.15, 0.2) is 231 Å². The smallest absolute Gasteiger partial charge is 0.160 e. The summed E-state index contributed by atoms with van der Waals surface area (Å²) in [5.41, 5.74) is 17.0. The van der Waals surface area contributed by atoms with Crippen LogP contribution in [0.2, 0.25) is 0 Å². The van der Waals surface area contributed by atoms with Crippen molar-refractivity contribution in [3.8, 4) is 78.9 Å². The van der Waals surface area contributed by atoms with Gasteiger partial charge in [-0.05, 0) is 65.3 Å². The molecule has 1 aliphatic rings. The Morgan fingerprint density at radius 1 is 0.418 bits per heavy atom. The van der Waals surface area contributed by atoms with Crippen LogP contribution in [-0.2, 0) is 5.41 Å². The van der Waals surface area contributed by atoms with Crippen LogP contribution in [0.5, 0.6) is 0 Å². The molecule has 7 aromatic carbocycles. The molecule has 4 nitrogen and oxygen atoms in total. The van der Waals surface area contributed by atoms with Crippen LogP contribution in [0, 0.1) is 0 Å². The SMILES string of the molecule is C=C/C=C(\C=C/C)c1ccc(-c2cc(-c3ccc(C4(c5ccc(-c6cc(-c7ccc(-c8ccccc8)cc7)nc(-c7ccccc7)n6)cc5)CCCCC4)cc3)nc(-c3ccccc3)n2)cc1. The number of nitrogens with zero attached hydrogens (tertiary/aromatic N) is 4. The van der Waals surface area contributed by atoms with E-state index in [1.54, 1.807) is 0 Å². The van der Waals surface area contributed by atoms with Crippen molar-refractivity contribution in [1.82, 2.24) is 19.9 Å². The molecule has 324 valence electrons. The average Bonchev–Trinajstić information content (AvgIpc) is 3.41. The first-order valence-corrected chi connectivity index (χ1v) is 23.4. The van der Waals surface area contributed by atoms with Crippen LogP contribution in [0.1, 0.15) is 55.7 Å². The molecule has 2 aromatic heterocycles. The molecule has 0 aliphatic heterocycles. The molecule has 1 fully saturated rings. The van der Waals surface area contributed by atoms with Crippen LogP contribution < -0.4 is 0 Å². The maximum Gasteiger partial charge on any atom is 0.160 e. The second kappa shape index (κ2) is 19.6. The molecule has 1 saturated carbocycles. The fourth-order valence-electron chi connectivity index (χ4n) is 9.59. The highest BCUT2D eigenvalue weighted by atomic mass is 14.9. The van der Waals surface area contributed by atoms with Crippen molar-refractivity contribution in [2.45, 2.75) is 44.4 Å². The topological polar surface area (TPSA) is 51.6 Å². The molecule has 0 N–H and O–H groups in total. The van der Waals surface area contributed by atoms with Crippen LogP contribution in [0.4, 0.5) is 0 Å². The Morgan fingerprint density at radius 2 is 0.776 bits per heavy atom. The van der Waals surface area contributed by atoms with Crippen molar-refractivity contribution >= 4 is 5.57 Å². The third kappa shape index (κ3) is 9.25. The number of hydrogen-bond donors (Lipinski definition) is 0. The molecule has 2 heterocycles. The van der Waals surface area contributed by atoms with E-state index in [1.807, 2.05) is 55.5 Å². The van der Waals surface area contributed by atoms with Gasteiger partial charge < -0.3 is 0 Å². The molecule has 0 saturated heterocycles. The van der Waals surface area contributed by atoms with Gasteiger partial charge in [-0.1, -0.05) is 238 Å². The minimum absolute atomic E-state index is 0.0958. The molecule has 10 rings (SSSR count). The van der Waals surface area contributed by atoms with Crippen molar-refractivity contribution in [1.29, 1.82) is 0 Å². The summed E-state index contributed by atoms with van der Waals surface area (Å²) in [6.07, 6.45) is 13.9. The quantitative estimate of drug-likeness (QED) is 0.115. The number of benzene rings is 7. The van der Waals surface area contributed by atoms with E-state index in [-0.39, 0.29) is 5.41 Å². The predicted molar refractivity (Wildman–Crippen MR) is 279 cm³/mol. The molecular formula is C63H52N4. The molecule has 0 bridgehead atoms. The molecule has 67 heavy (non-hydrogen) atoms. The fraction of sp³-hybridized carbons (Fsp3) is 0.111. The standard InChI is InChI=1S/C63H52N4/c1-3-17-45(18-4-2)47-25-29-49(30-26-47)57-43-59(66-61(64-57)53-21-11-6-12-22-53)51-33-37-55(38-34-51)63(41-15-8-16-42-63)56-39-35-52(36-40-56)60-44-58(65-62(67-60)54-23-13-7-14-24-54)50-31-27-48(28-32-50)46-19-9-5-10-20-46/h3-7,9-14,17-40,43-44H,1,8,15-16,41-42H2,2H3/b18-4-,45-17+. The molecule has 0 spiro atoms. The Labute approximate surface area is 394 Å². The van der Waals surface area contributed by atoms with Gasteiger partial charge in [0, 0.05) is 38.8 Å². The molecule has 0 radical (unpaired) electrons. The molecule has 4 heteroatoms. The molecule has 1 aliphatic carbocycles. The second-order valence-electron chi connectivity index (χ2n) is 17.3. The number of aromatic nitrogens is 4. The van der Waals surface area contributed by atoms with Crippen molar-refractivity contribution in [3.63, 3.8) is 0 Å². The van der Waals surface area contributed by atoms with E-state index in [0.717, 1.165) is 80.1 Å². The first-order valence-electron chi connectivity index (χ1n) is 23.4. The van der Waals surface area contributed by atoms with E-state index in [9.17, 15) is 0 Å². The van der Waals surface area contributed by atoms with Gasteiger partial charge in [-0.3, -0.25) is 0 Å². The minimum atomic E-state index is -0.0958. The van der Waals surface area contributed by atoms with Gasteiger partial charge in [0.15, 0.2) is 11.6 Å². The Balaban J connectivity index is 0.977. The first-order chi connectivity index (χ1) is 33.1. The fourth-order valence-corrected chi connectivity index (χ4v) is 9.59. The maximum atomic E-state index is 5.17. The van der Waals surface area contributed by atoms with E-state index < -0.39 is 0 Å². The minimum Gasteiger partial charge on any atom is -0.228 e. The summed E-state index contributed by atoms with van der Waals surface area (Å²) in [5.74, 6) is 1.42. The van der Waals surface area contributed by atoms with Crippen molar-refractivity contribution in [2.75, 3.05) is 0 Å². The van der Waals surface area contributed by atoms with Gasteiger partial charge in [0.1, 0.15) is 0 Å². The van der Waals surface area contributed by atoms with Gasteiger partial charge in [-0.25, -0.2) is 19.9 Å². The molecule has 0 unspecified atom stereocenters. The van der Waals surface area contributed by atoms with Gasteiger partial charge >= 0.3 is 0 Å². The largest absolute Gasteiger partial charge is 0.228 e. The molecule has 0 amide bonds. The highest BCUT2D eigenvalue weighted by Crippen LogP contribution is 2.46. The average molecular weight is 865 g/mol. The van der Waals surface area contributed by atoms with Gasteiger partial charge in [0.2, 0.25) is 0 Å². The first kappa shape index (κ1) is 42.8. The maximum absolute atomic E-state index is 5.17. The highest BCUT2D eigenvalue weighted by molar-refractivity contribution is 5.79. The van der Waals surface area contributed by atoms with Crippen molar-refractivity contribution < 1.29 is 0 Å².